The summed E-state index contributed by atoms with van der Waals surface area (Å²) < 4.78 is 10.1. The van der Waals surface area contributed by atoms with E-state index in [-0.39, 0.29) is 6.61 Å². The normalized spacial score (nSPS) is 16.9. The third-order valence-electron chi connectivity index (χ3n) is 6.15. The number of hydrogen-bond acceptors (Lipinski definition) is 4. The van der Waals surface area contributed by atoms with Crippen molar-refractivity contribution < 1.29 is 9.84 Å². The molecule has 0 aliphatic carbocycles. The van der Waals surface area contributed by atoms with Crippen LogP contribution < -0.4 is 4.74 Å². The molecule has 160 valence electrons. The Kier molecular flexibility index (Phi) is 5.74. The number of fused-ring (bicyclic) bond motifs is 1. The van der Waals surface area contributed by atoms with Crippen LogP contribution in [0, 0.1) is 0 Å². The van der Waals surface area contributed by atoms with Crippen molar-refractivity contribution in [1.29, 1.82) is 0 Å². The number of nitrogens with zero attached hydrogens (tertiary/aromatic N) is 4. The SMILES string of the molecule is OC[C@H]1CCCN1CCn1ncc2cc(-n3ccc(OCc4ccccc4)c3)ccc21. The summed E-state index contributed by atoms with van der Waals surface area (Å²) >= 11 is 0. The Bertz CT molecular complexity index is 1130. The first-order chi connectivity index (χ1) is 15.3. The zero-order valence-corrected chi connectivity index (χ0v) is 17.6. The summed E-state index contributed by atoms with van der Waals surface area (Å²) in [6.45, 7) is 3.63. The maximum Gasteiger partial charge on any atom is 0.137 e. The number of hydrogen-bond donors (Lipinski definition) is 1. The lowest BCUT2D eigenvalue weighted by Gasteiger charge is -2.22. The second-order valence-corrected chi connectivity index (χ2v) is 8.15. The van der Waals surface area contributed by atoms with Gasteiger partial charge in [-0.2, -0.15) is 5.10 Å². The van der Waals surface area contributed by atoms with Crippen molar-refractivity contribution in [1.82, 2.24) is 19.2 Å². The van der Waals surface area contributed by atoms with Crippen LogP contribution in [0.2, 0.25) is 0 Å². The monoisotopic (exact) mass is 416 g/mol. The predicted octanol–water partition coefficient (Wildman–Crippen LogP) is 3.86. The molecule has 4 aromatic rings. The molecule has 5 rings (SSSR count). The minimum absolute atomic E-state index is 0.247. The zero-order valence-electron chi connectivity index (χ0n) is 17.6. The van der Waals surface area contributed by atoms with Gasteiger partial charge in [0.1, 0.15) is 12.4 Å². The Morgan fingerprint density at radius 2 is 1.97 bits per heavy atom. The molecule has 1 aliphatic rings. The smallest absolute Gasteiger partial charge is 0.137 e. The third kappa shape index (κ3) is 4.36. The summed E-state index contributed by atoms with van der Waals surface area (Å²) in [5.41, 5.74) is 3.38. The molecule has 2 aromatic carbocycles. The van der Waals surface area contributed by atoms with Gasteiger partial charge in [-0.25, -0.2) is 0 Å². The summed E-state index contributed by atoms with van der Waals surface area (Å²) in [5.74, 6) is 0.851. The van der Waals surface area contributed by atoms with Crippen LogP contribution in [-0.4, -0.2) is 50.1 Å². The first-order valence-electron chi connectivity index (χ1n) is 11.0. The molecule has 2 aromatic heterocycles. The molecule has 0 spiro atoms. The van der Waals surface area contributed by atoms with E-state index >= 15 is 0 Å². The Morgan fingerprint density at radius 1 is 1.06 bits per heavy atom. The van der Waals surface area contributed by atoms with Gasteiger partial charge in [0.05, 0.1) is 31.1 Å². The van der Waals surface area contributed by atoms with Crippen molar-refractivity contribution in [3.05, 3.63) is 78.8 Å². The van der Waals surface area contributed by atoms with Gasteiger partial charge >= 0.3 is 0 Å². The van der Waals surface area contributed by atoms with Crippen LogP contribution >= 0.6 is 0 Å². The van der Waals surface area contributed by atoms with Gasteiger partial charge in [0.25, 0.3) is 0 Å². The quantitative estimate of drug-likeness (QED) is 0.474. The molecule has 1 aliphatic heterocycles. The largest absolute Gasteiger partial charge is 0.487 e. The molecular formula is C25H28N4O2. The first kappa shape index (κ1) is 19.8. The highest BCUT2D eigenvalue weighted by Crippen LogP contribution is 2.23. The van der Waals surface area contributed by atoms with Gasteiger partial charge in [0, 0.05) is 29.9 Å². The van der Waals surface area contributed by atoms with E-state index < -0.39 is 0 Å². The Morgan fingerprint density at radius 3 is 2.84 bits per heavy atom. The van der Waals surface area contributed by atoms with Gasteiger partial charge in [-0.05, 0) is 49.2 Å². The van der Waals surface area contributed by atoms with E-state index in [2.05, 4.69) is 49.6 Å². The van der Waals surface area contributed by atoms with E-state index in [1.54, 1.807) is 0 Å². The molecule has 1 fully saturated rings. The van der Waals surface area contributed by atoms with Crippen LogP contribution in [0.1, 0.15) is 18.4 Å². The van der Waals surface area contributed by atoms with Gasteiger partial charge in [0.2, 0.25) is 0 Å². The lowest BCUT2D eigenvalue weighted by atomic mass is 10.2. The highest BCUT2D eigenvalue weighted by molar-refractivity contribution is 5.81. The summed E-state index contributed by atoms with van der Waals surface area (Å²) in [6.07, 6.45) is 8.23. The van der Waals surface area contributed by atoms with Crippen LogP contribution in [0.3, 0.4) is 0 Å². The number of rotatable bonds is 8. The Hall–Kier alpha value is -3.09. The molecule has 31 heavy (non-hydrogen) atoms. The van der Waals surface area contributed by atoms with Gasteiger partial charge in [-0.3, -0.25) is 9.58 Å². The van der Waals surface area contributed by atoms with E-state index in [0.29, 0.717) is 12.6 Å². The fraction of sp³-hybridized carbons (Fsp3) is 0.320. The minimum atomic E-state index is 0.247. The van der Waals surface area contributed by atoms with Crippen molar-refractivity contribution >= 4 is 10.9 Å². The molecule has 3 heterocycles. The minimum Gasteiger partial charge on any atom is -0.487 e. The molecule has 6 heteroatoms. The zero-order chi connectivity index (χ0) is 21.0. The highest BCUT2D eigenvalue weighted by Gasteiger charge is 2.23. The Balaban J connectivity index is 1.26. The van der Waals surface area contributed by atoms with Crippen LogP contribution in [0.5, 0.6) is 5.75 Å². The molecule has 1 N–H and O–H groups in total. The number of benzene rings is 2. The van der Waals surface area contributed by atoms with Crippen LogP contribution in [0.4, 0.5) is 0 Å². The standard InChI is InChI=1S/C25H28N4O2/c30-18-23-7-4-11-27(23)13-14-29-25-9-8-22(15-21(25)16-26-29)28-12-10-24(17-28)31-19-20-5-2-1-3-6-20/h1-3,5-6,8-10,12,15-17,23,30H,4,7,11,13-14,18-19H2/t23-/m1/s1. The third-order valence-corrected chi connectivity index (χ3v) is 6.15. The molecule has 0 bridgehead atoms. The first-order valence-corrected chi connectivity index (χ1v) is 11.0. The van der Waals surface area contributed by atoms with E-state index in [9.17, 15) is 5.11 Å². The van der Waals surface area contributed by atoms with Gasteiger partial charge < -0.3 is 14.4 Å². The topological polar surface area (TPSA) is 55.5 Å². The van der Waals surface area contributed by atoms with E-state index in [1.165, 1.54) is 6.42 Å². The van der Waals surface area contributed by atoms with E-state index in [1.807, 2.05) is 42.9 Å². The number of aliphatic hydroxyl groups excluding tert-OH is 1. The van der Waals surface area contributed by atoms with Gasteiger partial charge in [-0.1, -0.05) is 30.3 Å². The fourth-order valence-corrected chi connectivity index (χ4v) is 4.40. The van der Waals surface area contributed by atoms with Crippen LogP contribution in [0.15, 0.2) is 73.2 Å². The van der Waals surface area contributed by atoms with Crippen molar-refractivity contribution in [2.75, 3.05) is 19.7 Å². The molecular weight excluding hydrogens is 388 g/mol. The number of aliphatic hydroxyl groups is 1. The molecule has 0 saturated carbocycles. The molecule has 0 amide bonds. The number of likely N-dealkylation sites (tertiary alicyclic amines) is 1. The molecule has 0 unspecified atom stereocenters. The second kappa shape index (κ2) is 8.96. The summed E-state index contributed by atoms with van der Waals surface area (Å²) in [5, 5.41) is 15.2. The van der Waals surface area contributed by atoms with E-state index in [0.717, 1.165) is 54.0 Å². The second-order valence-electron chi connectivity index (χ2n) is 8.15. The van der Waals surface area contributed by atoms with Crippen LogP contribution in [-0.2, 0) is 13.2 Å². The number of ether oxygens (including phenoxy) is 1. The average molecular weight is 417 g/mol. The van der Waals surface area contributed by atoms with Crippen LogP contribution in [0.25, 0.3) is 16.6 Å². The summed E-state index contributed by atoms with van der Waals surface area (Å²) in [4.78, 5) is 2.37. The van der Waals surface area contributed by atoms with Gasteiger partial charge in [0.15, 0.2) is 0 Å². The van der Waals surface area contributed by atoms with Gasteiger partial charge in [-0.15, -0.1) is 0 Å². The van der Waals surface area contributed by atoms with Crippen molar-refractivity contribution in [3.8, 4) is 11.4 Å². The molecule has 1 saturated heterocycles. The molecule has 6 nitrogen and oxygen atoms in total. The summed E-state index contributed by atoms with van der Waals surface area (Å²) in [6, 6.07) is 18.9. The molecule has 0 radical (unpaired) electrons. The van der Waals surface area contributed by atoms with E-state index in [4.69, 9.17) is 4.74 Å². The lowest BCUT2D eigenvalue weighted by molar-refractivity contribution is 0.154. The summed E-state index contributed by atoms with van der Waals surface area (Å²) in [7, 11) is 0. The van der Waals surface area contributed by atoms with Crippen molar-refractivity contribution in [2.24, 2.45) is 0 Å². The lowest BCUT2D eigenvalue weighted by Crippen LogP contribution is -2.34. The maximum absolute atomic E-state index is 9.52. The predicted molar refractivity (Wildman–Crippen MR) is 122 cm³/mol. The highest BCUT2D eigenvalue weighted by atomic mass is 16.5. The Labute approximate surface area is 182 Å². The molecule has 1 atom stereocenters. The van der Waals surface area contributed by atoms with Crippen molar-refractivity contribution in [2.45, 2.75) is 32.0 Å². The number of aromatic nitrogens is 3. The average Bonchev–Trinajstić information content (AvgIpc) is 3.56. The van der Waals surface area contributed by atoms with Crippen molar-refractivity contribution in [3.63, 3.8) is 0 Å². The maximum atomic E-state index is 9.52. The fourth-order valence-electron chi connectivity index (χ4n) is 4.40.